The van der Waals surface area contributed by atoms with Crippen molar-refractivity contribution in [2.24, 2.45) is 11.3 Å². The van der Waals surface area contributed by atoms with Crippen LogP contribution < -0.4 is 5.32 Å². The largest absolute Gasteiger partial charge is 0.312 e. The molecule has 1 aromatic heterocycles. The van der Waals surface area contributed by atoms with E-state index < -0.39 is 0 Å². The van der Waals surface area contributed by atoms with Crippen molar-refractivity contribution < 1.29 is 0 Å². The summed E-state index contributed by atoms with van der Waals surface area (Å²) in [6.45, 7) is 7.09. The van der Waals surface area contributed by atoms with Crippen LogP contribution in [-0.2, 0) is 6.42 Å². The summed E-state index contributed by atoms with van der Waals surface area (Å²) in [6.07, 6.45) is 7.87. The lowest BCUT2D eigenvalue weighted by Gasteiger charge is -2.34. The van der Waals surface area contributed by atoms with E-state index in [4.69, 9.17) is 4.98 Å². The molecule has 0 amide bonds. The Kier molecular flexibility index (Phi) is 3.93. The fourth-order valence-corrected chi connectivity index (χ4v) is 5.37. The van der Waals surface area contributed by atoms with Crippen molar-refractivity contribution in [3.8, 4) is 0 Å². The number of hydrogen-bond acceptors (Lipinski definition) is 3. The third-order valence-electron chi connectivity index (χ3n) is 5.28. The number of fused-ring (bicyclic) bond motifs is 1. The maximum Gasteiger partial charge on any atom is 0.0962 e. The minimum absolute atomic E-state index is 0.383. The van der Waals surface area contributed by atoms with E-state index >= 15 is 0 Å². The molecule has 0 aromatic carbocycles. The first-order chi connectivity index (χ1) is 9.52. The maximum absolute atomic E-state index is 5.07. The smallest absolute Gasteiger partial charge is 0.0962 e. The van der Waals surface area contributed by atoms with Crippen LogP contribution in [0.3, 0.4) is 0 Å². The van der Waals surface area contributed by atoms with Gasteiger partial charge < -0.3 is 5.32 Å². The van der Waals surface area contributed by atoms with E-state index in [9.17, 15) is 0 Å². The van der Waals surface area contributed by atoms with Gasteiger partial charge >= 0.3 is 0 Å². The molecule has 3 atom stereocenters. The predicted octanol–water partition coefficient (Wildman–Crippen LogP) is 4.67. The zero-order chi connectivity index (χ0) is 14.3. The molecule has 1 aromatic rings. The molecule has 0 spiro atoms. The van der Waals surface area contributed by atoms with Crippen LogP contribution in [0.25, 0.3) is 0 Å². The van der Waals surface area contributed by atoms with Crippen LogP contribution in [0.2, 0.25) is 0 Å². The SMILES string of the molecule is CCC1CCC(c2nc3c(s2)C(NC)CC(C)(C)C3)C1. The topological polar surface area (TPSA) is 24.9 Å². The number of thiazole rings is 1. The van der Waals surface area contributed by atoms with Crippen molar-refractivity contribution in [1.29, 1.82) is 0 Å². The summed E-state index contributed by atoms with van der Waals surface area (Å²) < 4.78 is 0. The number of hydrogen-bond donors (Lipinski definition) is 1. The first kappa shape index (κ1) is 14.5. The number of aromatic nitrogens is 1. The monoisotopic (exact) mass is 292 g/mol. The van der Waals surface area contributed by atoms with Gasteiger partial charge in [0, 0.05) is 16.8 Å². The van der Waals surface area contributed by atoms with Crippen LogP contribution >= 0.6 is 11.3 Å². The molecular formula is C17H28N2S. The average Bonchev–Trinajstić information content (AvgIpc) is 3.01. The molecular weight excluding hydrogens is 264 g/mol. The number of nitrogens with zero attached hydrogens (tertiary/aromatic N) is 1. The Morgan fingerprint density at radius 1 is 1.35 bits per heavy atom. The Balaban J connectivity index is 1.85. The fourth-order valence-electron chi connectivity index (χ4n) is 4.03. The van der Waals surface area contributed by atoms with Gasteiger partial charge in [-0.25, -0.2) is 4.98 Å². The van der Waals surface area contributed by atoms with Gasteiger partial charge in [0.1, 0.15) is 0 Å². The minimum atomic E-state index is 0.383. The van der Waals surface area contributed by atoms with Crippen molar-refractivity contribution in [1.82, 2.24) is 10.3 Å². The van der Waals surface area contributed by atoms with Gasteiger partial charge in [-0.2, -0.15) is 0 Å². The molecule has 0 aliphatic heterocycles. The van der Waals surface area contributed by atoms with Crippen LogP contribution in [-0.4, -0.2) is 12.0 Å². The Labute approximate surface area is 127 Å². The van der Waals surface area contributed by atoms with Gasteiger partial charge in [-0.05, 0) is 50.5 Å². The molecule has 3 heteroatoms. The van der Waals surface area contributed by atoms with E-state index in [0.717, 1.165) is 18.3 Å². The van der Waals surface area contributed by atoms with Crippen LogP contribution in [0.1, 0.15) is 80.4 Å². The number of rotatable bonds is 3. The van der Waals surface area contributed by atoms with E-state index in [0.29, 0.717) is 11.5 Å². The molecule has 0 saturated heterocycles. The van der Waals surface area contributed by atoms with Crippen molar-refractivity contribution in [2.75, 3.05) is 7.05 Å². The number of nitrogens with one attached hydrogen (secondary N) is 1. The van der Waals surface area contributed by atoms with Crippen molar-refractivity contribution in [3.63, 3.8) is 0 Å². The highest BCUT2D eigenvalue weighted by Gasteiger charge is 2.36. The highest BCUT2D eigenvalue weighted by Crippen LogP contribution is 2.47. The second-order valence-electron chi connectivity index (χ2n) is 7.53. The summed E-state index contributed by atoms with van der Waals surface area (Å²) in [4.78, 5) is 6.60. The molecule has 1 heterocycles. The van der Waals surface area contributed by atoms with Gasteiger partial charge in [0.15, 0.2) is 0 Å². The standard InChI is InChI=1S/C17H28N2S/c1-5-11-6-7-12(8-11)16-19-14-10-17(2,3)9-13(18-4)15(14)20-16/h11-13,18H,5-10H2,1-4H3. The van der Waals surface area contributed by atoms with E-state index in [1.54, 1.807) is 0 Å². The molecule has 2 aliphatic carbocycles. The van der Waals surface area contributed by atoms with E-state index in [1.807, 2.05) is 11.3 Å². The zero-order valence-corrected chi connectivity index (χ0v) is 14.1. The summed E-state index contributed by atoms with van der Waals surface area (Å²) in [5.74, 6) is 1.69. The van der Waals surface area contributed by atoms with E-state index in [-0.39, 0.29) is 0 Å². The molecule has 3 rings (SSSR count). The van der Waals surface area contributed by atoms with Gasteiger partial charge in [-0.3, -0.25) is 0 Å². The minimum Gasteiger partial charge on any atom is -0.312 e. The summed E-state index contributed by atoms with van der Waals surface area (Å²) >= 11 is 2.00. The van der Waals surface area contributed by atoms with Crippen molar-refractivity contribution in [2.45, 2.75) is 71.3 Å². The van der Waals surface area contributed by atoms with Gasteiger partial charge in [-0.15, -0.1) is 11.3 Å². The van der Waals surface area contributed by atoms with Gasteiger partial charge in [-0.1, -0.05) is 27.2 Å². The van der Waals surface area contributed by atoms with Crippen LogP contribution in [0.4, 0.5) is 0 Å². The molecule has 1 N–H and O–H groups in total. The van der Waals surface area contributed by atoms with E-state index in [1.165, 1.54) is 47.7 Å². The molecule has 0 bridgehead atoms. The predicted molar refractivity (Wildman–Crippen MR) is 86.4 cm³/mol. The Morgan fingerprint density at radius 3 is 2.80 bits per heavy atom. The summed E-state index contributed by atoms with van der Waals surface area (Å²) in [7, 11) is 2.10. The molecule has 1 saturated carbocycles. The molecule has 0 radical (unpaired) electrons. The normalized spacial score (nSPS) is 32.3. The summed E-state index contributed by atoms with van der Waals surface area (Å²) in [6, 6.07) is 0.517. The van der Waals surface area contributed by atoms with Gasteiger partial charge in [0.05, 0.1) is 10.7 Å². The van der Waals surface area contributed by atoms with Crippen molar-refractivity contribution >= 4 is 11.3 Å². The highest BCUT2D eigenvalue weighted by molar-refractivity contribution is 7.12. The fraction of sp³-hybridized carbons (Fsp3) is 0.824. The Morgan fingerprint density at radius 2 is 2.15 bits per heavy atom. The molecule has 112 valence electrons. The summed E-state index contributed by atoms with van der Waals surface area (Å²) in [5, 5.41) is 4.94. The van der Waals surface area contributed by atoms with Crippen LogP contribution in [0, 0.1) is 11.3 Å². The molecule has 20 heavy (non-hydrogen) atoms. The highest BCUT2D eigenvalue weighted by atomic mass is 32.1. The molecule has 3 unspecified atom stereocenters. The third-order valence-corrected chi connectivity index (χ3v) is 6.65. The lowest BCUT2D eigenvalue weighted by atomic mass is 9.76. The molecule has 1 fully saturated rings. The van der Waals surface area contributed by atoms with Crippen molar-refractivity contribution in [3.05, 3.63) is 15.6 Å². The van der Waals surface area contributed by atoms with Gasteiger partial charge in [0.2, 0.25) is 0 Å². The molecule has 2 nitrogen and oxygen atoms in total. The lowest BCUT2D eigenvalue weighted by Crippen LogP contribution is -2.30. The van der Waals surface area contributed by atoms with Gasteiger partial charge in [0.25, 0.3) is 0 Å². The zero-order valence-electron chi connectivity index (χ0n) is 13.3. The second-order valence-corrected chi connectivity index (χ2v) is 8.60. The molecule has 2 aliphatic rings. The average molecular weight is 292 g/mol. The van der Waals surface area contributed by atoms with Crippen LogP contribution in [0.15, 0.2) is 0 Å². The summed E-state index contributed by atoms with van der Waals surface area (Å²) in [5.41, 5.74) is 1.77. The Bertz CT molecular complexity index is 477. The van der Waals surface area contributed by atoms with E-state index in [2.05, 4.69) is 33.1 Å². The maximum atomic E-state index is 5.07. The first-order valence-corrected chi connectivity index (χ1v) is 9.01. The van der Waals surface area contributed by atoms with Crippen LogP contribution in [0.5, 0.6) is 0 Å². The lowest BCUT2D eigenvalue weighted by molar-refractivity contribution is 0.265. The quantitative estimate of drug-likeness (QED) is 0.875. The third kappa shape index (κ3) is 2.67. The first-order valence-electron chi connectivity index (χ1n) is 8.19. The second kappa shape index (κ2) is 5.42. The Hall–Kier alpha value is -0.410.